The van der Waals surface area contributed by atoms with Crippen molar-refractivity contribution in [2.24, 2.45) is 0 Å². The fourth-order valence-electron chi connectivity index (χ4n) is 7.71. The third-order valence-electron chi connectivity index (χ3n) is 10.1. The van der Waals surface area contributed by atoms with E-state index in [1.54, 1.807) is 0 Å². The number of anilines is 2. The van der Waals surface area contributed by atoms with Crippen LogP contribution in [0.2, 0.25) is 0 Å². The largest absolute Gasteiger partial charge is 0.397 e. The maximum Gasteiger partial charge on any atom is 0.0644 e. The van der Waals surface area contributed by atoms with Crippen molar-refractivity contribution in [3.63, 3.8) is 0 Å². The molecular weight excluding hydrogens is 629 g/mol. The van der Waals surface area contributed by atoms with Crippen LogP contribution in [0.25, 0.3) is 54.6 Å². The molecule has 0 bridgehead atoms. The second-order valence-electron chi connectivity index (χ2n) is 13.3. The number of benzene rings is 7. The number of hydrogen-bond donors (Lipinski definition) is 1. The second-order valence-corrected chi connectivity index (χ2v) is 13.3. The Morgan fingerprint density at radius 3 is 1.73 bits per heavy atom. The van der Waals surface area contributed by atoms with E-state index in [9.17, 15) is 0 Å². The Balaban J connectivity index is 0.00000112. The molecule has 52 heavy (non-hydrogen) atoms. The van der Waals surface area contributed by atoms with E-state index in [4.69, 9.17) is 5.73 Å². The van der Waals surface area contributed by atoms with Crippen LogP contribution in [-0.4, -0.2) is 6.54 Å². The number of para-hydroxylation sites is 2. The minimum atomic E-state index is -0.179. The van der Waals surface area contributed by atoms with Gasteiger partial charge in [-0.2, -0.15) is 0 Å². The SMILES string of the molecule is CC.CC.CCCN(C1=CCC(C)(c2c3ccccc3c(-c3ccc(-c4ccc5ccccc5c4)cc3)c3ccccc23)C=C1)c1ccccc1N. The molecular formula is C50H52N2. The first-order chi connectivity index (χ1) is 25.5. The summed E-state index contributed by atoms with van der Waals surface area (Å²) in [6, 6.07) is 50.6. The van der Waals surface area contributed by atoms with Crippen LogP contribution in [0.5, 0.6) is 0 Å². The maximum absolute atomic E-state index is 6.45. The third kappa shape index (κ3) is 6.86. The van der Waals surface area contributed by atoms with E-state index in [2.05, 4.69) is 164 Å². The maximum atomic E-state index is 6.45. The highest BCUT2D eigenvalue weighted by Gasteiger charge is 2.31. The van der Waals surface area contributed by atoms with Crippen molar-refractivity contribution in [3.8, 4) is 22.3 Å². The van der Waals surface area contributed by atoms with Gasteiger partial charge >= 0.3 is 0 Å². The monoisotopic (exact) mass is 680 g/mol. The fraction of sp³-hybridized carbons (Fsp3) is 0.200. The Labute approximate surface area is 310 Å². The molecule has 2 N–H and O–H groups in total. The molecule has 262 valence electrons. The normalized spacial score (nSPS) is 15.0. The number of allylic oxidation sites excluding steroid dienone is 3. The molecule has 7 aromatic rings. The van der Waals surface area contributed by atoms with E-state index in [1.807, 2.05) is 39.8 Å². The minimum absolute atomic E-state index is 0.179. The number of nitrogen functional groups attached to an aromatic ring is 1. The summed E-state index contributed by atoms with van der Waals surface area (Å²) >= 11 is 0. The minimum Gasteiger partial charge on any atom is -0.397 e. The lowest BCUT2D eigenvalue weighted by atomic mass is 9.72. The van der Waals surface area contributed by atoms with Gasteiger partial charge in [-0.3, -0.25) is 0 Å². The molecule has 1 aliphatic carbocycles. The lowest BCUT2D eigenvalue weighted by molar-refractivity contribution is 0.603. The van der Waals surface area contributed by atoms with Crippen molar-refractivity contribution < 1.29 is 0 Å². The molecule has 0 fully saturated rings. The Morgan fingerprint density at radius 1 is 0.596 bits per heavy atom. The molecule has 0 saturated carbocycles. The van der Waals surface area contributed by atoms with Gasteiger partial charge in [-0.25, -0.2) is 0 Å². The summed E-state index contributed by atoms with van der Waals surface area (Å²) in [5.74, 6) is 0. The van der Waals surface area contributed by atoms with Crippen molar-refractivity contribution in [1.29, 1.82) is 0 Å². The Hall–Kier alpha value is -5.60. The molecule has 0 aliphatic heterocycles. The standard InChI is InChI=1S/C46H40N2.2C2H6/c1-3-30-48(43-19-11-10-18-42(43)47)37-26-28-46(2,29-27-37)45-40-16-8-6-14-38(40)44(39-15-7-9-17-41(39)45)34-23-20-33(21-24-34)36-25-22-32-12-4-5-13-35(32)31-36;2*1-2/h4-28,31H,3,29-30,47H2,1-2H3;2*1-2H3. The molecule has 1 unspecified atom stereocenters. The van der Waals surface area contributed by atoms with Crippen LogP contribution in [0.1, 0.15) is 59.9 Å². The van der Waals surface area contributed by atoms with E-state index in [-0.39, 0.29) is 5.41 Å². The Kier molecular flexibility index (Phi) is 11.3. The van der Waals surface area contributed by atoms with Crippen LogP contribution in [0.15, 0.2) is 163 Å². The van der Waals surface area contributed by atoms with Gasteiger partial charge in [0.25, 0.3) is 0 Å². The third-order valence-corrected chi connectivity index (χ3v) is 10.1. The van der Waals surface area contributed by atoms with Crippen molar-refractivity contribution in [2.45, 2.75) is 59.8 Å². The summed E-state index contributed by atoms with van der Waals surface area (Å²) in [4.78, 5) is 2.37. The molecule has 2 heteroatoms. The van der Waals surface area contributed by atoms with E-state index >= 15 is 0 Å². The van der Waals surface area contributed by atoms with Gasteiger partial charge in [-0.05, 0) is 97.3 Å². The average molecular weight is 681 g/mol. The highest BCUT2D eigenvalue weighted by atomic mass is 15.1. The molecule has 7 aromatic carbocycles. The molecule has 0 heterocycles. The first-order valence-corrected chi connectivity index (χ1v) is 19.1. The van der Waals surface area contributed by atoms with E-state index in [0.29, 0.717) is 0 Å². The van der Waals surface area contributed by atoms with Gasteiger partial charge < -0.3 is 10.6 Å². The lowest BCUT2D eigenvalue weighted by Crippen LogP contribution is -2.28. The van der Waals surface area contributed by atoms with Crippen molar-refractivity contribution in [2.75, 3.05) is 17.2 Å². The highest BCUT2D eigenvalue weighted by Crippen LogP contribution is 2.47. The summed E-state index contributed by atoms with van der Waals surface area (Å²) in [5.41, 5.74) is 15.8. The van der Waals surface area contributed by atoms with Crippen molar-refractivity contribution in [1.82, 2.24) is 0 Å². The molecule has 1 aliphatic rings. The van der Waals surface area contributed by atoms with Gasteiger partial charge in [0, 0.05) is 17.7 Å². The molecule has 0 spiro atoms. The number of hydrogen-bond acceptors (Lipinski definition) is 2. The number of nitrogens with two attached hydrogens (primary N) is 1. The van der Waals surface area contributed by atoms with E-state index in [0.717, 1.165) is 30.8 Å². The molecule has 0 amide bonds. The molecule has 2 nitrogen and oxygen atoms in total. The first-order valence-electron chi connectivity index (χ1n) is 19.1. The van der Waals surface area contributed by atoms with Crippen LogP contribution in [0, 0.1) is 0 Å². The smallest absolute Gasteiger partial charge is 0.0644 e. The predicted molar refractivity (Wildman–Crippen MR) is 230 cm³/mol. The van der Waals surface area contributed by atoms with Gasteiger partial charge in [0.05, 0.1) is 11.4 Å². The van der Waals surface area contributed by atoms with Gasteiger partial charge in [-0.15, -0.1) is 0 Å². The molecule has 1 atom stereocenters. The summed E-state index contributed by atoms with van der Waals surface area (Å²) in [6.07, 6.45) is 9.09. The van der Waals surface area contributed by atoms with Gasteiger partial charge in [0.2, 0.25) is 0 Å². The summed E-state index contributed by atoms with van der Waals surface area (Å²) in [6.45, 7) is 13.5. The zero-order chi connectivity index (χ0) is 36.7. The first kappa shape index (κ1) is 36.2. The number of nitrogens with zero attached hydrogens (tertiary/aromatic N) is 1. The summed E-state index contributed by atoms with van der Waals surface area (Å²) < 4.78 is 0. The summed E-state index contributed by atoms with van der Waals surface area (Å²) in [7, 11) is 0. The average Bonchev–Trinajstić information content (AvgIpc) is 3.21. The Bertz CT molecular complexity index is 2300. The summed E-state index contributed by atoms with van der Waals surface area (Å²) in [5, 5.41) is 7.74. The van der Waals surface area contributed by atoms with Gasteiger partial charge in [-0.1, -0.05) is 175 Å². The number of fused-ring (bicyclic) bond motifs is 3. The quantitative estimate of drug-likeness (QED) is 0.134. The van der Waals surface area contributed by atoms with Crippen LogP contribution in [0.4, 0.5) is 11.4 Å². The van der Waals surface area contributed by atoms with Crippen molar-refractivity contribution in [3.05, 3.63) is 169 Å². The van der Waals surface area contributed by atoms with E-state index in [1.165, 1.54) is 65.8 Å². The second kappa shape index (κ2) is 16.2. The molecule has 0 radical (unpaired) electrons. The number of rotatable bonds is 7. The Morgan fingerprint density at radius 2 is 1.13 bits per heavy atom. The van der Waals surface area contributed by atoms with Crippen LogP contribution < -0.4 is 10.6 Å². The lowest BCUT2D eigenvalue weighted by Gasteiger charge is -2.35. The molecule has 8 rings (SSSR count). The predicted octanol–water partition coefficient (Wildman–Crippen LogP) is 14.1. The highest BCUT2D eigenvalue weighted by molar-refractivity contribution is 6.15. The van der Waals surface area contributed by atoms with Crippen molar-refractivity contribution >= 4 is 43.7 Å². The molecule has 0 aromatic heterocycles. The zero-order valence-corrected chi connectivity index (χ0v) is 31.7. The van der Waals surface area contributed by atoms with Gasteiger partial charge in [0.1, 0.15) is 0 Å². The molecule has 0 saturated heterocycles. The van der Waals surface area contributed by atoms with Crippen LogP contribution >= 0.6 is 0 Å². The van der Waals surface area contributed by atoms with E-state index < -0.39 is 0 Å². The van der Waals surface area contributed by atoms with Crippen LogP contribution in [0.3, 0.4) is 0 Å². The van der Waals surface area contributed by atoms with Crippen LogP contribution in [-0.2, 0) is 5.41 Å². The topological polar surface area (TPSA) is 29.3 Å². The van der Waals surface area contributed by atoms with Gasteiger partial charge in [0.15, 0.2) is 0 Å². The fourth-order valence-corrected chi connectivity index (χ4v) is 7.71. The zero-order valence-electron chi connectivity index (χ0n) is 31.7.